The molecule has 0 atom stereocenters. The maximum Gasteiger partial charge on any atom is 0.223 e. The lowest BCUT2D eigenvalue weighted by molar-refractivity contribution is -0.131. The zero-order valence-electron chi connectivity index (χ0n) is 14.5. The van der Waals surface area contributed by atoms with Crippen molar-refractivity contribution in [3.63, 3.8) is 0 Å². The first kappa shape index (κ1) is 18.0. The summed E-state index contributed by atoms with van der Waals surface area (Å²) in [4.78, 5) is 14.6. The van der Waals surface area contributed by atoms with Crippen molar-refractivity contribution in [1.82, 2.24) is 15.1 Å². The summed E-state index contributed by atoms with van der Waals surface area (Å²) < 4.78 is 0. The van der Waals surface area contributed by atoms with Gasteiger partial charge in [0, 0.05) is 35.1 Å². The largest absolute Gasteiger partial charge is 0.334 e. The predicted molar refractivity (Wildman–Crippen MR) is 107 cm³/mol. The molecule has 0 aliphatic carbocycles. The van der Waals surface area contributed by atoms with Gasteiger partial charge in [-0.25, -0.2) is 0 Å². The van der Waals surface area contributed by atoms with E-state index in [0.717, 1.165) is 16.7 Å². The lowest BCUT2D eigenvalue weighted by atomic mass is 10.0. The van der Waals surface area contributed by atoms with E-state index < -0.39 is 0 Å². The monoisotopic (exact) mass is 397 g/mol. The Bertz CT molecular complexity index is 992. The van der Waals surface area contributed by atoms with E-state index in [9.17, 15) is 4.79 Å². The van der Waals surface area contributed by atoms with Crippen molar-refractivity contribution in [2.24, 2.45) is 0 Å². The van der Waals surface area contributed by atoms with Crippen LogP contribution in [0, 0.1) is 0 Å². The molecule has 0 saturated carbocycles. The van der Waals surface area contributed by atoms with E-state index in [-0.39, 0.29) is 5.91 Å². The van der Waals surface area contributed by atoms with Crippen LogP contribution in [0.15, 0.2) is 54.9 Å². The summed E-state index contributed by atoms with van der Waals surface area (Å²) in [7, 11) is 0. The number of halogens is 2. The minimum Gasteiger partial charge on any atom is -0.334 e. The van der Waals surface area contributed by atoms with Crippen LogP contribution in [0.4, 0.5) is 0 Å². The maximum absolute atomic E-state index is 12.7. The number of benzene rings is 2. The topological polar surface area (TPSA) is 46.1 Å². The second-order valence-electron chi connectivity index (χ2n) is 6.60. The van der Waals surface area contributed by atoms with Crippen LogP contribution in [-0.4, -0.2) is 21.0 Å². The van der Waals surface area contributed by atoms with Gasteiger partial charge in [-0.15, -0.1) is 0 Å². The van der Waals surface area contributed by atoms with Crippen LogP contribution in [0.2, 0.25) is 10.0 Å². The number of nitrogens with zero attached hydrogens (tertiary/aromatic N) is 3. The van der Waals surface area contributed by atoms with Crippen molar-refractivity contribution in [1.29, 1.82) is 0 Å². The molecule has 136 valence electrons. The first-order valence-corrected chi connectivity index (χ1v) is 9.46. The highest BCUT2D eigenvalue weighted by atomic mass is 35.5. The average molecular weight is 398 g/mol. The summed E-state index contributed by atoms with van der Waals surface area (Å²) in [5.41, 5.74) is 5.43. The molecule has 0 fully saturated rings. The van der Waals surface area contributed by atoms with Crippen molar-refractivity contribution in [3.8, 4) is 11.1 Å². The highest BCUT2D eigenvalue weighted by Crippen LogP contribution is 2.29. The molecule has 6 heteroatoms. The number of aromatic nitrogens is 2. The molecule has 3 aromatic rings. The van der Waals surface area contributed by atoms with Crippen molar-refractivity contribution in [2.75, 3.05) is 0 Å². The molecule has 0 bridgehead atoms. The summed E-state index contributed by atoms with van der Waals surface area (Å²) in [5.74, 6) is 0.129. The lowest BCUT2D eigenvalue weighted by Gasteiger charge is -2.15. The molecule has 1 aliphatic heterocycles. The summed E-state index contributed by atoms with van der Waals surface area (Å²) in [6, 6.07) is 13.6. The Morgan fingerprint density at radius 2 is 1.81 bits per heavy atom. The molecule has 27 heavy (non-hydrogen) atoms. The third-order valence-electron chi connectivity index (χ3n) is 4.82. The Morgan fingerprint density at radius 1 is 0.963 bits per heavy atom. The Labute approximate surface area is 167 Å². The van der Waals surface area contributed by atoms with E-state index in [1.807, 2.05) is 17.0 Å². The molecule has 2 aromatic carbocycles. The van der Waals surface area contributed by atoms with Gasteiger partial charge in [0.2, 0.25) is 5.91 Å². The van der Waals surface area contributed by atoms with Gasteiger partial charge in [0.25, 0.3) is 0 Å². The number of hydrogen-bond donors (Lipinski definition) is 0. The second-order valence-corrected chi connectivity index (χ2v) is 7.44. The van der Waals surface area contributed by atoms with Crippen LogP contribution < -0.4 is 0 Å². The Morgan fingerprint density at radius 3 is 2.59 bits per heavy atom. The Balaban J connectivity index is 1.42. The lowest BCUT2D eigenvalue weighted by Crippen LogP contribution is -2.25. The summed E-state index contributed by atoms with van der Waals surface area (Å²) >= 11 is 12.1. The quantitative estimate of drug-likeness (QED) is 0.627. The molecule has 0 N–H and O–H groups in total. The van der Waals surface area contributed by atoms with Crippen molar-refractivity contribution >= 4 is 29.1 Å². The molecule has 0 unspecified atom stereocenters. The molecule has 0 saturated heterocycles. The van der Waals surface area contributed by atoms with E-state index >= 15 is 0 Å². The van der Waals surface area contributed by atoms with Gasteiger partial charge in [0.05, 0.1) is 12.4 Å². The smallest absolute Gasteiger partial charge is 0.223 e. The highest BCUT2D eigenvalue weighted by molar-refractivity contribution is 6.35. The fourth-order valence-corrected chi connectivity index (χ4v) is 3.84. The maximum atomic E-state index is 12.7. The first-order chi connectivity index (χ1) is 13.1. The van der Waals surface area contributed by atoms with Crippen LogP contribution in [-0.2, 0) is 24.3 Å². The number of amides is 1. The predicted octanol–water partition coefficient (Wildman–Crippen LogP) is 4.93. The summed E-state index contributed by atoms with van der Waals surface area (Å²) in [6.45, 7) is 1.28. The van der Waals surface area contributed by atoms with E-state index in [2.05, 4.69) is 28.4 Å². The number of fused-ring (bicyclic) bond motifs is 1. The molecular weight excluding hydrogens is 381 g/mol. The van der Waals surface area contributed by atoms with Gasteiger partial charge in [-0.3, -0.25) is 4.79 Å². The van der Waals surface area contributed by atoms with Gasteiger partial charge in [-0.2, -0.15) is 10.2 Å². The van der Waals surface area contributed by atoms with Crippen LogP contribution in [0.25, 0.3) is 11.1 Å². The molecule has 0 radical (unpaired) electrons. The normalized spacial score (nSPS) is 12.9. The molecule has 1 aromatic heterocycles. The van der Waals surface area contributed by atoms with Crippen molar-refractivity contribution in [2.45, 2.75) is 25.9 Å². The van der Waals surface area contributed by atoms with Crippen LogP contribution in [0.3, 0.4) is 0 Å². The zero-order valence-corrected chi connectivity index (χ0v) is 16.0. The Kier molecular flexibility index (Phi) is 5.10. The molecule has 4 nitrogen and oxygen atoms in total. The Hall–Kier alpha value is -2.43. The fraction of sp³-hybridized carbons (Fsp3) is 0.190. The number of carbonyl (C=O) groups excluding carboxylic acids is 1. The van der Waals surface area contributed by atoms with Crippen LogP contribution >= 0.6 is 23.2 Å². The number of hydrogen-bond acceptors (Lipinski definition) is 3. The van der Waals surface area contributed by atoms with Crippen LogP contribution in [0.1, 0.15) is 23.1 Å². The molecule has 4 rings (SSSR count). The number of rotatable bonds is 4. The van der Waals surface area contributed by atoms with Gasteiger partial charge in [-0.05, 0) is 52.9 Å². The molecule has 1 aliphatic rings. The number of aryl methyl sites for hydroxylation is 1. The van der Waals surface area contributed by atoms with Crippen LogP contribution in [0.5, 0.6) is 0 Å². The van der Waals surface area contributed by atoms with E-state index in [1.54, 1.807) is 24.5 Å². The van der Waals surface area contributed by atoms with Gasteiger partial charge < -0.3 is 4.90 Å². The summed E-state index contributed by atoms with van der Waals surface area (Å²) in [5, 5.41) is 8.95. The molecule has 2 heterocycles. The third-order valence-corrected chi connectivity index (χ3v) is 5.41. The molecular formula is C21H17Cl2N3O. The van der Waals surface area contributed by atoms with E-state index in [4.69, 9.17) is 23.2 Å². The highest BCUT2D eigenvalue weighted by Gasteiger charge is 2.23. The molecule has 0 spiro atoms. The fourth-order valence-electron chi connectivity index (χ4n) is 3.34. The van der Waals surface area contributed by atoms with Gasteiger partial charge in [0.15, 0.2) is 0 Å². The SMILES string of the molecule is O=C(CCc1ccc(Cl)cc1Cl)N1Cc2ccc(-c3ccnnc3)cc2C1. The second kappa shape index (κ2) is 7.67. The molecule has 1 amide bonds. The van der Waals surface area contributed by atoms with Gasteiger partial charge >= 0.3 is 0 Å². The summed E-state index contributed by atoms with van der Waals surface area (Å²) in [6.07, 6.45) is 4.46. The minimum absolute atomic E-state index is 0.129. The van der Waals surface area contributed by atoms with Crippen molar-refractivity contribution < 1.29 is 4.79 Å². The zero-order chi connectivity index (χ0) is 18.8. The van der Waals surface area contributed by atoms with Crippen molar-refractivity contribution in [3.05, 3.63) is 81.6 Å². The van der Waals surface area contributed by atoms with E-state index in [0.29, 0.717) is 36.0 Å². The number of carbonyl (C=O) groups is 1. The third kappa shape index (κ3) is 3.97. The van der Waals surface area contributed by atoms with Gasteiger partial charge in [0.1, 0.15) is 0 Å². The minimum atomic E-state index is 0.129. The van der Waals surface area contributed by atoms with Gasteiger partial charge in [-0.1, -0.05) is 41.4 Å². The first-order valence-electron chi connectivity index (χ1n) is 8.71. The van der Waals surface area contributed by atoms with E-state index in [1.165, 1.54) is 11.1 Å². The average Bonchev–Trinajstić information content (AvgIpc) is 3.11. The standard InChI is InChI=1S/C21H17Cl2N3O/c22-19-5-3-14(20(23)10-19)4-6-21(27)26-12-17-2-1-15(9-18(17)13-26)16-7-8-24-25-11-16/h1-3,5,7-11H,4,6,12-13H2.